The number of hydrogen-bond donors (Lipinski definition) is 2. The van der Waals surface area contributed by atoms with Gasteiger partial charge in [0.15, 0.2) is 5.96 Å². The Morgan fingerprint density at radius 3 is 2.79 bits per heavy atom. The summed E-state index contributed by atoms with van der Waals surface area (Å²) in [5.74, 6) is 0.932. The molecular formula is C16H27IN6S. The number of nitrogens with zero attached hydrogens (tertiary/aromatic N) is 4. The maximum Gasteiger partial charge on any atom is 0.194 e. The number of rotatable bonds is 7. The fraction of sp³-hybridized carbons (Fsp3) is 0.562. The number of aromatic nitrogens is 3. The van der Waals surface area contributed by atoms with E-state index in [4.69, 9.17) is 4.99 Å². The van der Waals surface area contributed by atoms with Gasteiger partial charge in [-0.15, -0.1) is 35.3 Å². The molecule has 0 atom stereocenters. The molecule has 0 saturated carbocycles. The third-order valence-electron chi connectivity index (χ3n) is 3.56. The van der Waals surface area contributed by atoms with Crippen LogP contribution in [0.1, 0.15) is 35.3 Å². The molecule has 0 saturated heterocycles. The van der Waals surface area contributed by atoms with Gasteiger partial charge in [-0.1, -0.05) is 0 Å². The second kappa shape index (κ2) is 10.7. The summed E-state index contributed by atoms with van der Waals surface area (Å²) in [6.07, 6.45) is 3.92. The highest BCUT2D eigenvalue weighted by Gasteiger charge is 2.08. The van der Waals surface area contributed by atoms with Gasteiger partial charge in [-0.05, 0) is 39.2 Å². The summed E-state index contributed by atoms with van der Waals surface area (Å²) in [6.45, 7) is 8.61. The van der Waals surface area contributed by atoms with Crippen LogP contribution in [-0.2, 0) is 13.0 Å². The molecule has 0 aliphatic rings. The number of hydrogen-bond acceptors (Lipinski definition) is 4. The Balaban J connectivity index is 0.00000288. The Labute approximate surface area is 165 Å². The highest BCUT2D eigenvalue weighted by Crippen LogP contribution is 2.10. The molecule has 2 N–H and O–H groups in total. The number of nitrogens with one attached hydrogen (secondary N) is 2. The van der Waals surface area contributed by atoms with Crippen molar-refractivity contribution in [3.8, 4) is 0 Å². The molecule has 2 rings (SSSR count). The van der Waals surface area contributed by atoms with E-state index in [9.17, 15) is 0 Å². The number of thiazole rings is 1. The molecule has 134 valence electrons. The first-order valence-corrected chi connectivity index (χ1v) is 8.87. The van der Waals surface area contributed by atoms with Gasteiger partial charge in [0.2, 0.25) is 0 Å². The van der Waals surface area contributed by atoms with Crippen LogP contribution in [-0.4, -0.2) is 46.2 Å². The van der Waals surface area contributed by atoms with Crippen LogP contribution in [0.25, 0.3) is 0 Å². The molecule has 0 spiro atoms. The monoisotopic (exact) mass is 462 g/mol. The van der Waals surface area contributed by atoms with Crippen LogP contribution in [0.5, 0.6) is 0 Å². The molecule has 0 fully saturated rings. The molecule has 24 heavy (non-hydrogen) atoms. The Bertz CT molecular complexity index is 636. The van der Waals surface area contributed by atoms with E-state index in [-0.39, 0.29) is 24.0 Å². The molecule has 0 amide bonds. The van der Waals surface area contributed by atoms with E-state index in [2.05, 4.69) is 51.7 Å². The summed E-state index contributed by atoms with van der Waals surface area (Å²) in [5.41, 5.74) is 3.52. The average Bonchev–Trinajstić information content (AvgIpc) is 3.11. The smallest absolute Gasteiger partial charge is 0.194 e. The van der Waals surface area contributed by atoms with Crippen molar-refractivity contribution in [1.29, 1.82) is 0 Å². The molecule has 2 aromatic heterocycles. The first kappa shape index (κ1) is 20.9. The van der Waals surface area contributed by atoms with Crippen molar-refractivity contribution in [2.75, 3.05) is 20.1 Å². The highest BCUT2D eigenvalue weighted by atomic mass is 127. The van der Waals surface area contributed by atoms with Crippen LogP contribution in [0, 0.1) is 13.8 Å². The lowest BCUT2D eigenvalue weighted by atomic mass is 10.1. The van der Waals surface area contributed by atoms with Gasteiger partial charge < -0.3 is 10.2 Å². The summed E-state index contributed by atoms with van der Waals surface area (Å²) in [7, 11) is 2.05. The van der Waals surface area contributed by atoms with Crippen molar-refractivity contribution < 1.29 is 0 Å². The first-order chi connectivity index (χ1) is 11.1. The maximum atomic E-state index is 4.72. The van der Waals surface area contributed by atoms with Gasteiger partial charge in [-0.3, -0.25) is 10.1 Å². The number of H-pyrrole nitrogens is 1. The number of aromatic amines is 1. The van der Waals surface area contributed by atoms with E-state index in [0.29, 0.717) is 0 Å². The highest BCUT2D eigenvalue weighted by molar-refractivity contribution is 14.0. The molecule has 2 heterocycles. The summed E-state index contributed by atoms with van der Waals surface area (Å²) in [4.78, 5) is 11.4. The zero-order valence-corrected chi connectivity index (χ0v) is 17.9. The zero-order chi connectivity index (χ0) is 16.7. The summed E-state index contributed by atoms with van der Waals surface area (Å²) in [5, 5.41) is 13.6. The number of aryl methyl sites for hydroxylation is 3. The maximum absolute atomic E-state index is 4.72. The minimum absolute atomic E-state index is 0. The van der Waals surface area contributed by atoms with Gasteiger partial charge in [-0.25, -0.2) is 4.98 Å². The fourth-order valence-corrected chi connectivity index (χ4v) is 2.95. The predicted octanol–water partition coefficient (Wildman–Crippen LogP) is 3.13. The summed E-state index contributed by atoms with van der Waals surface area (Å²) < 4.78 is 0. The molecule has 0 aromatic carbocycles. The second-order valence-corrected chi connectivity index (χ2v) is 6.64. The lowest BCUT2D eigenvalue weighted by Crippen LogP contribution is -2.38. The van der Waals surface area contributed by atoms with Crippen LogP contribution in [0.4, 0.5) is 0 Å². The Hall–Kier alpha value is -1.16. The van der Waals surface area contributed by atoms with Crippen molar-refractivity contribution in [1.82, 2.24) is 25.4 Å². The molecule has 0 bridgehead atoms. The van der Waals surface area contributed by atoms with Gasteiger partial charge >= 0.3 is 0 Å². The fourth-order valence-electron chi connectivity index (χ4n) is 2.35. The van der Waals surface area contributed by atoms with Crippen LogP contribution in [0.15, 0.2) is 16.6 Å². The van der Waals surface area contributed by atoms with Crippen molar-refractivity contribution in [3.63, 3.8) is 0 Å². The lowest BCUT2D eigenvalue weighted by molar-refractivity contribution is 0.470. The molecule has 6 nitrogen and oxygen atoms in total. The van der Waals surface area contributed by atoms with Crippen molar-refractivity contribution in [2.24, 2.45) is 4.99 Å². The molecular weight excluding hydrogens is 435 g/mol. The average molecular weight is 462 g/mol. The molecule has 8 heteroatoms. The quantitative estimate of drug-likeness (QED) is 0.287. The topological polar surface area (TPSA) is 69.2 Å². The SMILES string of the molecule is CCNC(=NCCCc1cn[nH]c1C)N(C)Cc1csc(C)n1.I. The van der Waals surface area contributed by atoms with Crippen LogP contribution < -0.4 is 5.32 Å². The van der Waals surface area contributed by atoms with Gasteiger partial charge in [0.25, 0.3) is 0 Å². The van der Waals surface area contributed by atoms with E-state index in [1.165, 1.54) is 5.56 Å². The van der Waals surface area contributed by atoms with E-state index in [0.717, 1.165) is 54.8 Å². The van der Waals surface area contributed by atoms with Crippen molar-refractivity contribution in [2.45, 2.75) is 40.2 Å². The van der Waals surface area contributed by atoms with Crippen molar-refractivity contribution in [3.05, 3.63) is 33.5 Å². The number of aliphatic imine (C=N–C) groups is 1. The van der Waals surface area contributed by atoms with E-state index >= 15 is 0 Å². The third kappa shape index (κ3) is 6.39. The number of halogens is 1. The van der Waals surface area contributed by atoms with Gasteiger partial charge in [-0.2, -0.15) is 5.10 Å². The van der Waals surface area contributed by atoms with Gasteiger partial charge in [0, 0.05) is 31.2 Å². The summed E-state index contributed by atoms with van der Waals surface area (Å²) in [6, 6.07) is 0. The largest absolute Gasteiger partial charge is 0.357 e. The second-order valence-electron chi connectivity index (χ2n) is 5.57. The Kier molecular flexibility index (Phi) is 9.27. The minimum atomic E-state index is 0. The Morgan fingerprint density at radius 2 is 2.21 bits per heavy atom. The zero-order valence-electron chi connectivity index (χ0n) is 14.8. The molecule has 0 radical (unpaired) electrons. The summed E-state index contributed by atoms with van der Waals surface area (Å²) >= 11 is 1.69. The molecule has 0 aliphatic heterocycles. The number of guanidine groups is 1. The molecule has 0 aliphatic carbocycles. The van der Waals surface area contributed by atoms with E-state index < -0.39 is 0 Å². The normalized spacial score (nSPS) is 11.2. The Morgan fingerprint density at radius 1 is 1.42 bits per heavy atom. The van der Waals surface area contributed by atoms with Gasteiger partial charge in [0.1, 0.15) is 0 Å². The van der Waals surface area contributed by atoms with Crippen LogP contribution in [0.2, 0.25) is 0 Å². The molecule has 2 aromatic rings. The van der Waals surface area contributed by atoms with E-state index in [1.807, 2.05) is 13.1 Å². The van der Waals surface area contributed by atoms with Crippen molar-refractivity contribution >= 4 is 41.3 Å². The predicted molar refractivity (Wildman–Crippen MR) is 111 cm³/mol. The van der Waals surface area contributed by atoms with Gasteiger partial charge in [0.05, 0.1) is 23.4 Å². The van der Waals surface area contributed by atoms with E-state index in [1.54, 1.807) is 11.3 Å². The standard InChI is InChI=1S/C16H26N6S.HI/c1-5-17-16(22(4)10-15-11-23-13(3)20-15)18-8-6-7-14-9-19-21-12(14)2;/h9,11H,5-8,10H2,1-4H3,(H,17,18)(H,19,21);1H. The first-order valence-electron chi connectivity index (χ1n) is 7.99. The molecule has 0 unspecified atom stereocenters. The third-order valence-corrected chi connectivity index (χ3v) is 4.38. The van der Waals surface area contributed by atoms with Crippen LogP contribution in [0.3, 0.4) is 0 Å². The lowest BCUT2D eigenvalue weighted by Gasteiger charge is -2.21. The minimum Gasteiger partial charge on any atom is -0.357 e. The van der Waals surface area contributed by atoms with Crippen LogP contribution >= 0.6 is 35.3 Å².